The molecule has 1 aromatic heterocycles. The Hall–Kier alpha value is -1.77. The van der Waals surface area contributed by atoms with Crippen molar-refractivity contribution in [2.24, 2.45) is 0 Å². The first-order chi connectivity index (χ1) is 9.61. The largest absolute Gasteiger partial charge is 0.279 e. The molecule has 3 rings (SSSR count). The molecule has 20 heavy (non-hydrogen) atoms. The average Bonchev–Trinajstić information content (AvgIpc) is 2.46. The first-order valence-corrected chi connectivity index (χ1v) is 6.91. The van der Waals surface area contributed by atoms with Crippen molar-refractivity contribution in [1.29, 1.82) is 0 Å². The second-order valence-corrected chi connectivity index (χ2v) is 5.32. The van der Waals surface area contributed by atoms with Crippen molar-refractivity contribution >= 4 is 34.0 Å². The van der Waals surface area contributed by atoms with Crippen molar-refractivity contribution in [3.63, 3.8) is 0 Å². The number of nitrogens with zero attached hydrogens (tertiary/aromatic N) is 1. The van der Waals surface area contributed by atoms with Crippen LogP contribution in [-0.2, 0) is 0 Å². The molecule has 0 atom stereocenters. The minimum Gasteiger partial charge on any atom is -0.279 e. The van der Waals surface area contributed by atoms with E-state index in [0.29, 0.717) is 26.5 Å². The third kappa shape index (κ3) is 1.92. The molecule has 0 aliphatic carbocycles. The average molecular weight is 304 g/mol. The third-order valence-corrected chi connectivity index (χ3v) is 4.13. The van der Waals surface area contributed by atoms with Gasteiger partial charge in [-0.3, -0.25) is 9.36 Å². The standard InChI is InChI=1S/C16H11Cl2NO/c1-10-15(18)12-8-5-9-13(17)14(12)16(20)19(10)11-6-3-2-4-7-11/h2-9H,1H3. The minimum atomic E-state index is -0.154. The van der Waals surface area contributed by atoms with Gasteiger partial charge < -0.3 is 0 Å². The lowest BCUT2D eigenvalue weighted by molar-refractivity contribution is 0.951. The zero-order chi connectivity index (χ0) is 14.3. The van der Waals surface area contributed by atoms with E-state index in [0.717, 1.165) is 5.69 Å². The molecule has 0 bridgehead atoms. The quantitative estimate of drug-likeness (QED) is 0.643. The van der Waals surface area contributed by atoms with Crippen LogP contribution in [-0.4, -0.2) is 4.57 Å². The predicted molar refractivity (Wildman–Crippen MR) is 84.3 cm³/mol. The molecular weight excluding hydrogens is 293 g/mol. The Morgan fingerprint density at radius 1 is 0.950 bits per heavy atom. The maximum absolute atomic E-state index is 12.7. The fourth-order valence-corrected chi connectivity index (χ4v) is 2.87. The van der Waals surface area contributed by atoms with Gasteiger partial charge in [0.25, 0.3) is 5.56 Å². The maximum Gasteiger partial charge on any atom is 0.264 e. The van der Waals surface area contributed by atoms with Crippen LogP contribution < -0.4 is 5.56 Å². The minimum absolute atomic E-state index is 0.154. The van der Waals surface area contributed by atoms with Gasteiger partial charge in [0.05, 0.1) is 15.4 Å². The highest BCUT2D eigenvalue weighted by Crippen LogP contribution is 2.29. The summed E-state index contributed by atoms with van der Waals surface area (Å²) in [5.74, 6) is 0. The molecule has 0 saturated carbocycles. The molecular formula is C16H11Cl2NO. The van der Waals surface area contributed by atoms with Crippen LogP contribution in [0.3, 0.4) is 0 Å². The van der Waals surface area contributed by atoms with Gasteiger partial charge in [0.2, 0.25) is 0 Å². The summed E-state index contributed by atoms with van der Waals surface area (Å²) in [6.45, 7) is 1.83. The Bertz CT molecular complexity index is 854. The first kappa shape index (κ1) is 13.2. The highest BCUT2D eigenvalue weighted by atomic mass is 35.5. The summed E-state index contributed by atoms with van der Waals surface area (Å²) in [4.78, 5) is 12.7. The number of halogens is 2. The molecule has 0 radical (unpaired) electrons. The Kier molecular flexibility index (Phi) is 3.28. The summed E-state index contributed by atoms with van der Waals surface area (Å²) in [7, 11) is 0. The second kappa shape index (κ2) is 4.97. The van der Waals surface area contributed by atoms with E-state index in [1.54, 1.807) is 16.7 Å². The lowest BCUT2D eigenvalue weighted by Crippen LogP contribution is -2.21. The molecule has 0 N–H and O–H groups in total. The molecule has 0 amide bonds. The molecule has 3 aromatic rings. The Labute approximate surface area is 126 Å². The van der Waals surface area contributed by atoms with Gasteiger partial charge in [-0.1, -0.05) is 53.5 Å². The van der Waals surface area contributed by atoms with Crippen LogP contribution in [0, 0.1) is 6.92 Å². The van der Waals surface area contributed by atoms with Crippen LogP contribution in [0.2, 0.25) is 10.0 Å². The zero-order valence-corrected chi connectivity index (χ0v) is 12.2. The van der Waals surface area contributed by atoms with E-state index in [4.69, 9.17) is 23.2 Å². The van der Waals surface area contributed by atoms with Gasteiger partial charge in [0.1, 0.15) is 0 Å². The number of hydrogen-bond donors (Lipinski definition) is 0. The SMILES string of the molecule is Cc1c(Cl)c2cccc(Cl)c2c(=O)n1-c1ccccc1. The number of aromatic nitrogens is 1. The van der Waals surface area contributed by atoms with Crippen LogP contribution in [0.5, 0.6) is 0 Å². The lowest BCUT2D eigenvalue weighted by Gasteiger charge is -2.14. The van der Waals surface area contributed by atoms with Crippen molar-refractivity contribution in [1.82, 2.24) is 4.57 Å². The van der Waals surface area contributed by atoms with Crippen molar-refractivity contribution in [3.05, 3.63) is 74.6 Å². The first-order valence-electron chi connectivity index (χ1n) is 6.16. The van der Waals surface area contributed by atoms with Crippen LogP contribution in [0.25, 0.3) is 16.5 Å². The molecule has 0 saturated heterocycles. The number of hydrogen-bond acceptors (Lipinski definition) is 1. The summed E-state index contributed by atoms with van der Waals surface area (Å²) >= 11 is 12.6. The number of fused-ring (bicyclic) bond motifs is 1. The zero-order valence-electron chi connectivity index (χ0n) is 10.7. The topological polar surface area (TPSA) is 22.0 Å². The van der Waals surface area contributed by atoms with Gasteiger partial charge in [-0.05, 0) is 25.1 Å². The summed E-state index contributed by atoms with van der Waals surface area (Å²) in [6.07, 6.45) is 0. The number of rotatable bonds is 1. The van der Waals surface area contributed by atoms with Crippen LogP contribution in [0.4, 0.5) is 0 Å². The lowest BCUT2D eigenvalue weighted by atomic mass is 10.1. The number of pyridine rings is 1. The number of para-hydroxylation sites is 1. The van der Waals surface area contributed by atoms with E-state index in [9.17, 15) is 4.79 Å². The molecule has 2 nitrogen and oxygen atoms in total. The summed E-state index contributed by atoms with van der Waals surface area (Å²) < 4.78 is 1.59. The Morgan fingerprint density at radius 3 is 2.35 bits per heavy atom. The fraction of sp³-hybridized carbons (Fsp3) is 0.0625. The van der Waals surface area contributed by atoms with Crippen molar-refractivity contribution in [2.75, 3.05) is 0 Å². The molecule has 0 spiro atoms. The Balaban J connectivity index is 2.52. The van der Waals surface area contributed by atoms with E-state index in [2.05, 4.69) is 0 Å². The fourth-order valence-electron chi connectivity index (χ4n) is 2.37. The Morgan fingerprint density at radius 2 is 1.65 bits per heavy atom. The van der Waals surface area contributed by atoms with Crippen LogP contribution in [0.1, 0.15) is 5.69 Å². The number of benzene rings is 2. The molecule has 100 valence electrons. The van der Waals surface area contributed by atoms with Crippen molar-refractivity contribution in [2.45, 2.75) is 6.92 Å². The molecule has 0 aliphatic heterocycles. The van der Waals surface area contributed by atoms with E-state index < -0.39 is 0 Å². The highest BCUT2D eigenvalue weighted by molar-refractivity contribution is 6.39. The molecule has 2 aromatic carbocycles. The van der Waals surface area contributed by atoms with Gasteiger partial charge in [-0.25, -0.2) is 0 Å². The molecule has 4 heteroatoms. The van der Waals surface area contributed by atoms with Gasteiger partial charge >= 0.3 is 0 Å². The molecule has 0 fully saturated rings. The summed E-state index contributed by atoms with van der Waals surface area (Å²) in [5.41, 5.74) is 1.33. The molecule has 1 heterocycles. The smallest absolute Gasteiger partial charge is 0.264 e. The molecule has 0 aliphatic rings. The highest BCUT2D eigenvalue weighted by Gasteiger charge is 2.15. The van der Waals surface area contributed by atoms with Crippen LogP contribution in [0.15, 0.2) is 53.3 Å². The summed E-state index contributed by atoms with van der Waals surface area (Å²) in [5, 5.41) is 2.10. The second-order valence-electron chi connectivity index (χ2n) is 4.54. The van der Waals surface area contributed by atoms with Crippen molar-refractivity contribution in [3.8, 4) is 5.69 Å². The van der Waals surface area contributed by atoms with E-state index >= 15 is 0 Å². The summed E-state index contributed by atoms with van der Waals surface area (Å²) in [6, 6.07) is 14.7. The van der Waals surface area contributed by atoms with E-state index in [-0.39, 0.29) is 5.56 Å². The monoisotopic (exact) mass is 303 g/mol. The molecule has 0 unspecified atom stereocenters. The van der Waals surface area contributed by atoms with Gasteiger partial charge in [-0.2, -0.15) is 0 Å². The van der Waals surface area contributed by atoms with E-state index in [1.807, 2.05) is 43.3 Å². The van der Waals surface area contributed by atoms with Crippen LogP contribution >= 0.6 is 23.2 Å². The van der Waals surface area contributed by atoms with Gasteiger partial charge in [0, 0.05) is 16.8 Å². The van der Waals surface area contributed by atoms with Crippen molar-refractivity contribution < 1.29 is 0 Å². The third-order valence-electron chi connectivity index (χ3n) is 3.33. The maximum atomic E-state index is 12.7. The predicted octanol–water partition coefficient (Wildman–Crippen LogP) is 4.61. The van der Waals surface area contributed by atoms with Gasteiger partial charge in [-0.15, -0.1) is 0 Å². The van der Waals surface area contributed by atoms with E-state index in [1.165, 1.54) is 0 Å². The van der Waals surface area contributed by atoms with Gasteiger partial charge in [0.15, 0.2) is 0 Å². The normalized spacial score (nSPS) is 10.9.